The Labute approximate surface area is 199 Å². The molecule has 1 heterocycles. The van der Waals surface area contributed by atoms with Crippen LogP contribution in [0.4, 0.5) is 0 Å². The summed E-state index contributed by atoms with van der Waals surface area (Å²) in [6.07, 6.45) is 0.437. The molecule has 2 aliphatic rings. The highest BCUT2D eigenvalue weighted by Gasteiger charge is 2.48. The first-order valence-electron chi connectivity index (χ1n) is 11.0. The number of esters is 2. The average Bonchev–Trinajstić information content (AvgIpc) is 2.82. The first-order chi connectivity index (χ1) is 16.3. The minimum absolute atomic E-state index is 0.0513. The lowest BCUT2D eigenvalue weighted by Crippen LogP contribution is -2.43. The van der Waals surface area contributed by atoms with E-state index in [-0.39, 0.29) is 24.7 Å². The minimum Gasteiger partial charge on any atom is -0.493 e. The molecule has 0 bridgehead atoms. The van der Waals surface area contributed by atoms with Gasteiger partial charge in [-0.1, -0.05) is 19.1 Å². The molecule has 0 amide bonds. The summed E-state index contributed by atoms with van der Waals surface area (Å²) in [6, 6.07) is 5.26. The first kappa shape index (κ1) is 25.3. The zero-order valence-electron chi connectivity index (χ0n) is 20.4. The fourth-order valence-electron chi connectivity index (χ4n) is 4.70. The maximum absolute atomic E-state index is 13.8. The first-order valence-corrected chi connectivity index (χ1v) is 11.0. The van der Waals surface area contributed by atoms with Crippen molar-refractivity contribution < 1.29 is 38.1 Å². The maximum atomic E-state index is 13.8. The van der Waals surface area contributed by atoms with E-state index >= 15 is 0 Å². The Balaban J connectivity index is 2.22. The zero-order valence-corrected chi connectivity index (χ0v) is 20.4. The number of nitrogens with one attached hydrogen (secondary N) is 1. The third-order valence-corrected chi connectivity index (χ3v) is 6.23. The zero-order chi connectivity index (χ0) is 25.0. The summed E-state index contributed by atoms with van der Waals surface area (Å²) in [7, 11) is 5.77. The lowest BCUT2D eigenvalue weighted by atomic mass is 9.69. The van der Waals surface area contributed by atoms with Gasteiger partial charge in [0.15, 0.2) is 17.3 Å². The van der Waals surface area contributed by atoms with Gasteiger partial charge >= 0.3 is 11.9 Å². The van der Waals surface area contributed by atoms with Gasteiger partial charge < -0.3 is 29.0 Å². The molecule has 0 radical (unpaired) electrons. The number of methoxy groups -OCH3 is 4. The second kappa shape index (κ2) is 10.7. The van der Waals surface area contributed by atoms with Gasteiger partial charge in [-0.15, -0.1) is 0 Å². The Bertz CT molecular complexity index is 1040. The molecule has 9 nitrogen and oxygen atoms in total. The van der Waals surface area contributed by atoms with Crippen molar-refractivity contribution in [2.45, 2.75) is 26.2 Å². The van der Waals surface area contributed by atoms with E-state index in [2.05, 4.69) is 5.32 Å². The number of carbonyl (C=O) groups excluding carboxylic acids is 3. The number of rotatable bonds is 8. The van der Waals surface area contributed by atoms with Gasteiger partial charge in [0, 0.05) is 29.6 Å². The quantitative estimate of drug-likeness (QED) is 0.346. The lowest BCUT2D eigenvalue weighted by Gasteiger charge is -2.38. The van der Waals surface area contributed by atoms with Gasteiger partial charge in [0.05, 0.1) is 39.4 Å². The highest BCUT2D eigenvalue weighted by Crippen LogP contribution is 2.49. The van der Waals surface area contributed by atoms with Crippen LogP contribution in [0.2, 0.25) is 0 Å². The highest BCUT2D eigenvalue weighted by molar-refractivity contribution is 6.12. The van der Waals surface area contributed by atoms with Crippen LogP contribution < -0.4 is 14.8 Å². The Morgan fingerprint density at radius 3 is 2.44 bits per heavy atom. The standard InChI is InChI=1S/C25H31NO8/c1-13-12-16-21(22(27)18(13)24(28)33-6)20(15-8-7-9-17(31-4)23(15)32-5)19(14(2)26-16)25(29)34-11-10-30-3/h7-9,13,18,20,26H,10-12H2,1-6H3/t13-,18+,20-/m1/s1. The summed E-state index contributed by atoms with van der Waals surface area (Å²) in [5.74, 6) is -2.83. The SMILES string of the molecule is COCCOC(=O)C1=C(C)NC2=C(C(=O)[C@@H](C(=O)OC)[C@H](C)C2)[C@@H]1c1cccc(OC)c1OC. The van der Waals surface area contributed by atoms with E-state index < -0.39 is 29.6 Å². The second-order valence-corrected chi connectivity index (χ2v) is 8.25. The van der Waals surface area contributed by atoms with Crippen LogP contribution in [0.25, 0.3) is 0 Å². The molecule has 0 aromatic heterocycles. The van der Waals surface area contributed by atoms with Crippen molar-refractivity contribution in [1.29, 1.82) is 0 Å². The molecule has 0 unspecified atom stereocenters. The van der Waals surface area contributed by atoms with E-state index in [4.69, 9.17) is 23.7 Å². The lowest BCUT2D eigenvalue weighted by molar-refractivity contribution is -0.151. The Hall–Kier alpha value is -3.33. The number of allylic oxidation sites excluding steroid dienone is 3. The maximum Gasteiger partial charge on any atom is 0.336 e. The summed E-state index contributed by atoms with van der Waals surface area (Å²) in [5.41, 5.74) is 2.36. The monoisotopic (exact) mass is 473 g/mol. The normalized spacial score (nSPS) is 22.1. The van der Waals surface area contributed by atoms with Crippen LogP contribution in [-0.2, 0) is 28.6 Å². The molecule has 3 atom stereocenters. The molecule has 9 heteroatoms. The molecule has 1 aliphatic carbocycles. The molecule has 1 N–H and O–H groups in total. The average molecular weight is 474 g/mol. The van der Waals surface area contributed by atoms with Crippen LogP contribution in [0, 0.1) is 11.8 Å². The fraction of sp³-hybridized carbons (Fsp3) is 0.480. The molecule has 1 aromatic carbocycles. The van der Waals surface area contributed by atoms with Crippen molar-refractivity contribution in [2.75, 3.05) is 41.7 Å². The van der Waals surface area contributed by atoms with Crippen molar-refractivity contribution in [1.82, 2.24) is 5.32 Å². The molecule has 0 saturated heterocycles. The number of para-hydroxylation sites is 1. The molecule has 3 rings (SSSR count). The molecule has 184 valence electrons. The van der Waals surface area contributed by atoms with Crippen LogP contribution in [-0.4, -0.2) is 59.4 Å². The van der Waals surface area contributed by atoms with Gasteiger partial charge in [0.2, 0.25) is 0 Å². The van der Waals surface area contributed by atoms with Crippen molar-refractivity contribution in [3.05, 3.63) is 46.3 Å². The van der Waals surface area contributed by atoms with E-state index in [0.717, 1.165) is 0 Å². The summed E-state index contributed by atoms with van der Waals surface area (Å²) in [5, 5.41) is 3.23. The smallest absolute Gasteiger partial charge is 0.336 e. The summed E-state index contributed by atoms with van der Waals surface area (Å²) in [6.45, 7) is 3.88. The van der Waals surface area contributed by atoms with E-state index in [1.807, 2.05) is 6.92 Å². The van der Waals surface area contributed by atoms with Crippen molar-refractivity contribution in [3.8, 4) is 11.5 Å². The van der Waals surface area contributed by atoms with Gasteiger partial charge in [-0.25, -0.2) is 4.79 Å². The number of carbonyl (C=O) groups is 3. The molecule has 0 spiro atoms. The Morgan fingerprint density at radius 2 is 1.82 bits per heavy atom. The molecular weight excluding hydrogens is 442 g/mol. The van der Waals surface area contributed by atoms with E-state index in [1.54, 1.807) is 25.1 Å². The molecule has 1 aromatic rings. The van der Waals surface area contributed by atoms with E-state index in [0.29, 0.717) is 40.5 Å². The van der Waals surface area contributed by atoms with Gasteiger partial charge in [-0.2, -0.15) is 0 Å². The summed E-state index contributed by atoms with van der Waals surface area (Å²) >= 11 is 0. The third-order valence-electron chi connectivity index (χ3n) is 6.23. The molecule has 34 heavy (non-hydrogen) atoms. The van der Waals surface area contributed by atoms with Crippen molar-refractivity contribution >= 4 is 17.7 Å². The van der Waals surface area contributed by atoms with Gasteiger partial charge in [0.1, 0.15) is 12.5 Å². The number of ketones is 1. The minimum atomic E-state index is -0.978. The van der Waals surface area contributed by atoms with Crippen LogP contribution in [0.5, 0.6) is 11.5 Å². The highest BCUT2D eigenvalue weighted by atomic mass is 16.6. The molecule has 1 aliphatic heterocycles. The van der Waals surface area contributed by atoms with E-state index in [9.17, 15) is 14.4 Å². The predicted molar refractivity (Wildman–Crippen MR) is 122 cm³/mol. The van der Waals surface area contributed by atoms with Crippen LogP contribution >= 0.6 is 0 Å². The number of benzene rings is 1. The number of hydrogen-bond donors (Lipinski definition) is 1. The molecule has 0 saturated carbocycles. The molecule has 0 fully saturated rings. The van der Waals surface area contributed by atoms with Crippen LogP contribution in [0.15, 0.2) is 40.7 Å². The van der Waals surface area contributed by atoms with Gasteiger partial charge in [-0.05, 0) is 25.3 Å². The van der Waals surface area contributed by atoms with E-state index in [1.165, 1.54) is 28.4 Å². The van der Waals surface area contributed by atoms with Gasteiger partial charge in [-0.3, -0.25) is 9.59 Å². The number of ether oxygens (including phenoxy) is 5. The van der Waals surface area contributed by atoms with Crippen molar-refractivity contribution in [3.63, 3.8) is 0 Å². The van der Waals surface area contributed by atoms with Crippen LogP contribution in [0.1, 0.15) is 31.7 Å². The number of Topliss-reactive ketones (excluding diaryl/α,β-unsaturated/α-hetero) is 1. The van der Waals surface area contributed by atoms with Gasteiger partial charge in [0.25, 0.3) is 0 Å². The topological polar surface area (TPSA) is 109 Å². The Kier molecular flexibility index (Phi) is 7.98. The predicted octanol–water partition coefficient (Wildman–Crippen LogP) is 2.51. The Morgan fingerprint density at radius 1 is 1.09 bits per heavy atom. The van der Waals surface area contributed by atoms with Crippen LogP contribution in [0.3, 0.4) is 0 Å². The second-order valence-electron chi connectivity index (χ2n) is 8.25. The molecular formula is C25H31NO8. The number of dihydropyridines is 1. The summed E-state index contributed by atoms with van der Waals surface area (Å²) < 4.78 is 26.5. The fourth-order valence-corrected chi connectivity index (χ4v) is 4.70. The van der Waals surface area contributed by atoms with Crippen molar-refractivity contribution in [2.24, 2.45) is 11.8 Å². The third kappa shape index (κ3) is 4.52. The number of hydrogen-bond acceptors (Lipinski definition) is 9. The largest absolute Gasteiger partial charge is 0.493 e. The summed E-state index contributed by atoms with van der Waals surface area (Å²) in [4.78, 5) is 39.6.